The van der Waals surface area contributed by atoms with Crippen LogP contribution in [-0.4, -0.2) is 74.1 Å². The van der Waals surface area contributed by atoms with Crippen LogP contribution in [0.15, 0.2) is 48.9 Å². The molecule has 0 radical (unpaired) electrons. The SMILES string of the molecule is CO[C@@H]1C[C@H]2COc3ccn4ncc(c4n3)-c3cc(cc(-n4nccc4C)c3)NCCN2C1=O. The van der Waals surface area contributed by atoms with E-state index < -0.39 is 6.10 Å². The largest absolute Gasteiger partial charge is 0.475 e. The summed E-state index contributed by atoms with van der Waals surface area (Å²) < 4.78 is 15.1. The van der Waals surface area contributed by atoms with E-state index in [1.165, 1.54) is 0 Å². The van der Waals surface area contributed by atoms with Crippen molar-refractivity contribution in [1.82, 2.24) is 29.3 Å². The number of nitrogens with one attached hydrogen (secondary N) is 1. The molecule has 5 heterocycles. The van der Waals surface area contributed by atoms with E-state index >= 15 is 0 Å². The average molecular weight is 460 g/mol. The summed E-state index contributed by atoms with van der Waals surface area (Å²) in [5.41, 5.74) is 5.44. The van der Waals surface area contributed by atoms with E-state index in [-0.39, 0.29) is 11.9 Å². The third-order valence-electron chi connectivity index (χ3n) is 6.52. The van der Waals surface area contributed by atoms with E-state index in [1.54, 1.807) is 23.9 Å². The Morgan fingerprint density at radius 2 is 2.12 bits per heavy atom. The summed E-state index contributed by atoms with van der Waals surface area (Å²) >= 11 is 0. The molecular weight excluding hydrogens is 434 g/mol. The maximum Gasteiger partial charge on any atom is 0.252 e. The molecule has 6 rings (SSSR count). The molecule has 1 aromatic carbocycles. The number of ether oxygens (including phenoxy) is 2. The fraction of sp³-hybridized carbons (Fsp3) is 0.333. The first-order valence-corrected chi connectivity index (χ1v) is 11.3. The van der Waals surface area contributed by atoms with Crippen molar-refractivity contribution in [3.63, 3.8) is 0 Å². The first kappa shape index (κ1) is 20.7. The topological polar surface area (TPSA) is 98.8 Å². The number of aromatic nitrogens is 5. The average Bonchev–Trinajstić information content (AvgIpc) is 3.54. The van der Waals surface area contributed by atoms with Crippen molar-refractivity contribution < 1.29 is 14.3 Å². The number of carbonyl (C=O) groups is 1. The van der Waals surface area contributed by atoms with E-state index in [0.29, 0.717) is 37.6 Å². The standard InChI is InChI=1S/C24H25N7O3/c1-15-3-5-26-31(15)18-10-16-9-17(11-18)25-6-8-29-19(12-21(33-2)24(29)32)14-34-22-4-7-30-23(28-22)20(16)13-27-30/h3-5,7,9-11,13,19,21,25H,6,8,12,14H2,1-2H3/t19-,21+/m0/s1. The van der Waals surface area contributed by atoms with Crippen LogP contribution in [0.1, 0.15) is 12.1 Å². The molecule has 34 heavy (non-hydrogen) atoms. The van der Waals surface area contributed by atoms with E-state index in [0.717, 1.165) is 28.2 Å². The number of benzene rings is 1. The Morgan fingerprint density at radius 1 is 1.21 bits per heavy atom. The molecule has 10 heteroatoms. The minimum Gasteiger partial charge on any atom is -0.475 e. The lowest BCUT2D eigenvalue weighted by Gasteiger charge is -2.25. The number of nitrogens with zero attached hydrogens (tertiary/aromatic N) is 6. The van der Waals surface area contributed by atoms with Crippen LogP contribution in [0.3, 0.4) is 0 Å². The van der Waals surface area contributed by atoms with Gasteiger partial charge in [0.2, 0.25) is 5.88 Å². The van der Waals surface area contributed by atoms with Crippen LogP contribution >= 0.6 is 0 Å². The van der Waals surface area contributed by atoms with Gasteiger partial charge in [0.05, 0.1) is 17.9 Å². The number of aryl methyl sites for hydroxylation is 1. The lowest BCUT2D eigenvalue weighted by molar-refractivity contribution is -0.136. The first-order chi connectivity index (χ1) is 16.6. The minimum absolute atomic E-state index is 0.00640. The van der Waals surface area contributed by atoms with Crippen LogP contribution in [0, 0.1) is 6.92 Å². The highest BCUT2D eigenvalue weighted by molar-refractivity contribution is 5.84. The van der Waals surface area contributed by atoms with Crippen LogP contribution in [0.25, 0.3) is 22.5 Å². The van der Waals surface area contributed by atoms with Gasteiger partial charge in [-0.25, -0.2) is 9.20 Å². The summed E-state index contributed by atoms with van der Waals surface area (Å²) in [6.07, 6.45) is 5.58. The molecule has 0 saturated carbocycles. The zero-order valence-electron chi connectivity index (χ0n) is 19.0. The van der Waals surface area contributed by atoms with Crippen LogP contribution in [0.5, 0.6) is 5.88 Å². The molecule has 0 spiro atoms. The molecule has 4 bridgehead atoms. The predicted octanol–water partition coefficient (Wildman–Crippen LogP) is 2.31. The number of methoxy groups -OCH3 is 1. The van der Waals surface area contributed by atoms with Crippen molar-refractivity contribution >= 4 is 17.2 Å². The summed E-state index contributed by atoms with van der Waals surface area (Å²) in [6, 6.07) is 9.88. The van der Waals surface area contributed by atoms with Crippen molar-refractivity contribution in [1.29, 1.82) is 0 Å². The second kappa shape index (κ2) is 8.14. The van der Waals surface area contributed by atoms with Gasteiger partial charge in [0.1, 0.15) is 12.7 Å². The maximum absolute atomic E-state index is 12.9. The molecule has 0 unspecified atom stereocenters. The molecule has 0 aliphatic carbocycles. The molecule has 2 aliphatic rings. The summed E-state index contributed by atoms with van der Waals surface area (Å²) in [5.74, 6) is 0.491. The van der Waals surface area contributed by atoms with Gasteiger partial charge in [0.25, 0.3) is 5.91 Å². The lowest BCUT2D eigenvalue weighted by atomic mass is 10.1. The van der Waals surface area contributed by atoms with Gasteiger partial charge >= 0.3 is 0 Å². The monoisotopic (exact) mass is 459 g/mol. The van der Waals surface area contributed by atoms with Crippen molar-refractivity contribution in [3.8, 4) is 22.7 Å². The maximum atomic E-state index is 12.9. The molecule has 2 atom stereocenters. The van der Waals surface area contributed by atoms with Gasteiger partial charge in [0, 0.05) is 62.0 Å². The highest BCUT2D eigenvalue weighted by Gasteiger charge is 2.39. The highest BCUT2D eigenvalue weighted by atomic mass is 16.5. The van der Waals surface area contributed by atoms with Crippen molar-refractivity contribution in [3.05, 3.63) is 54.6 Å². The third-order valence-corrected chi connectivity index (χ3v) is 6.52. The van der Waals surface area contributed by atoms with Crippen LogP contribution in [-0.2, 0) is 9.53 Å². The van der Waals surface area contributed by atoms with E-state index in [9.17, 15) is 4.79 Å². The lowest BCUT2D eigenvalue weighted by Crippen LogP contribution is -2.41. The molecule has 10 nitrogen and oxygen atoms in total. The molecule has 1 saturated heterocycles. The Bertz CT molecular complexity index is 1380. The van der Waals surface area contributed by atoms with Gasteiger partial charge in [-0.15, -0.1) is 0 Å². The van der Waals surface area contributed by atoms with Crippen molar-refractivity contribution in [2.24, 2.45) is 0 Å². The van der Waals surface area contributed by atoms with Gasteiger partial charge in [0.15, 0.2) is 5.65 Å². The second-order valence-electron chi connectivity index (χ2n) is 8.63. The number of hydrogen-bond acceptors (Lipinski definition) is 7. The summed E-state index contributed by atoms with van der Waals surface area (Å²) in [4.78, 5) is 19.5. The van der Waals surface area contributed by atoms with Gasteiger partial charge in [-0.3, -0.25) is 4.79 Å². The number of anilines is 1. The molecule has 4 aromatic rings. The number of amides is 1. The minimum atomic E-state index is -0.445. The molecule has 1 N–H and O–H groups in total. The molecule has 174 valence electrons. The van der Waals surface area contributed by atoms with Crippen molar-refractivity contribution in [2.45, 2.75) is 25.5 Å². The Morgan fingerprint density at radius 3 is 2.94 bits per heavy atom. The summed E-state index contributed by atoms with van der Waals surface area (Å²) in [7, 11) is 1.58. The molecule has 1 amide bonds. The van der Waals surface area contributed by atoms with E-state index in [1.807, 2.05) is 35.0 Å². The first-order valence-electron chi connectivity index (χ1n) is 11.3. The molecule has 3 aromatic heterocycles. The Balaban J connectivity index is 1.47. The van der Waals surface area contributed by atoms with Crippen LogP contribution < -0.4 is 10.1 Å². The van der Waals surface area contributed by atoms with Gasteiger partial charge in [-0.05, 0) is 36.8 Å². The molecule has 1 fully saturated rings. The zero-order chi connectivity index (χ0) is 23.2. The van der Waals surface area contributed by atoms with Gasteiger partial charge in [-0.1, -0.05) is 0 Å². The Hall–Kier alpha value is -3.92. The summed E-state index contributed by atoms with van der Waals surface area (Å²) in [5, 5.41) is 12.5. The van der Waals surface area contributed by atoms with Crippen molar-refractivity contribution in [2.75, 3.05) is 32.1 Å². The number of rotatable bonds is 2. The number of fused-ring (bicyclic) bond motifs is 5. The Kier molecular flexibility index (Phi) is 4.95. The quantitative estimate of drug-likeness (QED) is 0.491. The zero-order valence-corrected chi connectivity index (χ0v) is 19.0. The molecule has 2 aliphatic heterocycles. The number of hydrogen-bond donors (Lipinski definition) is 1. The van der Waals surface area contributed by atoms with E-state index in [4.69, 9.17) is 14.5 Å². The van der Waals surface area contributed by atoms with Gasteiger partial charge < -0.3 is 19.7 Å². The highest BCUT2D eigenvalue weighted by Crippen LogP contribution is 2.31. The fourth-order valence-corrected chi connectivity index (χ4v) is 4.76. The molecular formula is C24H25N7O3. The fourth-order valence-electron chi connectivity index (χ4n) is 4.76. The third kappa shape index (κ3) is 3.47. The van der Waals surface area contributed by atoms with Gasteiger partial charge in [-0.2, -0.15) is 15.2 Å². The smallest absolute Gasteiger partial charge is 0.252 e. The second-order valence-corrected chi connectivity index (χ2v) is 8.63. The van der Waals surface area contributed by atoms with E-state index in [2.05, 4.69) is 33.7 Å². The normalized spacial score (nSPS) is 20.2. The Labute approximate surface area is 196 Å². The van der Waals surface area contributed by atoms with Crippen LogP contribution in [0.4, 0.5) is 5.69 Å². The summed E-state index contributed by atoms with van der Waals surface area (Å²) in [6.45, 7) is 3.50. The van der Waals surface area contributed by atoms with Crippen LogP contribution in [0.2, 0.25) is 0 Å². The number of carbonyl (C=O) groups excluding carboxylic acids is 1. The predicted molar refractivity (Wildman–Crippen MR) is 125 cm³/mol.